The van der Waals surface area contributed by atoms with E-state index < -0.39 is 0 Å². The first-order valence-electron chi connectivity index (χ1n) is 4.96. The van der Waals surface area contributed by atoms with Gasteiger partial charge in [-0.25, -0.2) is 4.98 Å². The van der Waals surface area contributed by atoms with Crippen LogP contribution in [-0.2, 0) is 4.79 Å². The Balaban J connectivity index is 2.12. The van der Waals surface area contributed by atoms with Gasteiger partial charge in [-0.1, -0.05) is 0 Å². The number of fused-ring (bicyclic) bond motifs is 3. The Hall–Kier alpha value is -1.78. The van der Waals surface area contributed by atoms with Gasteiger partial charge in [0, 0.05) is 6.42 Å². The van der Waals surface area contributed by atoms with Gasteiger partial charge in [0.1, 0.15) is 12.3 Å². The summed E-state index contributed by atoms with van der Waals surface area (Å²) in [6.07, 6.45) is 2.98. The molecule has 2 aliphatic rings. The number of anilines is 2. The first-order valence-corrected chi connectivity index (χ1v) is 4.96. The largest absolute Gasteiger partial charge is 0.474 e. The molecule has 15 heavy (non-hydrogen) atoms. The molecule has 2 aliphatic heterocycles. The van der Waals surface area contributed by atoms with Crippen LogP contribution in [0.3, 0.4) is 0 Å². The van der Waals surface area contributed by atoms with Crippen molar-refractivity contribution < 1.29 is 9.53 Å². The van der Waals surface area contributed by atoms with Crippen molar-refractivity contribution in [1.82, 2.24) is 4.98 Å². The predicted octanol–water partition coefficient (Wildman–Crippen LogP) is 0.552. The average molecular weight is 205 g/mol. The fourth-order valence-corrected chi connectivity index (χ4v) is 2.15. The molecule has 0 spiro atoms. The van der Waals surface area contributed by atoms with Crippen LogP contribution in [0.25, 0.3) is 0 Å². The molecule has 1 amide bonds. The van der Waals surface area contributed by atoms with Crippen LogP contribution in [0.1, 0.15) is 12.8 Å². The minimum absolute atomic E-state index is 0.136. The molecule has 78 valence electrons. The van der Waals surface area contributed by atoms with E-state index in [-0.39, 0.29) is 11.9 Å². The molecule has 2 N–H and O–H groups in total. The Morgan fingerprint density at radius 1 is 1.60 bits per heavy atom. The summed E-state index contributed by atoms with van der Waals surface area (Å²) in [7, 11) is 0. The highest BCUT2D eigenvalue weighted by atomic mass is 16.5. The number of nitrogens with zero attached hydrogens (tertiary/aromatic N) is 2. The van der Waals surface area contributed by atoms with Crippen LogP contribution in [-0.4, -0.2) is 23.5 Å². The Morgan fingerprint density at radius 3 is 3.33 bits per heavy atom. The van der Waals surface area contributed by atoms with Gasteiger partial charge < -0.3 is 15.4 Å². The van der Waals surface area contributed by atoms with Gasteiger partial charge in [-0.2, -0.15) is 0 Å². The molecule has 1 aromatic heterocycles. The number of carbonyl (C=O) groups is 1. The van der Waals surface area contributed by atoms with E-state index in [1.54, 1.807) is 17.2 Å². The molecular weight excluding hydrogens is 194 g/mol. The van der Waals surface area contributed by atoms with E-state index in [4.69, 9.17) is 10.5 Å². The Labute approximate surface area is 86.8 Å². The average Bonchev–Trinajstić information content (AvgIpc) is 2.60. The lowest BCUT2D eigenvalue weighted by atomic mass is 10.2. The molecule has 3 rings (SSSR count). The fourth-order valence-electron chi connectivity index (χ4n) is 2.15. The van der Waals surface area contributed by atoms with E-state index in [1.807, 2.05) is 0 Å². The van der Waals surface area contributed by atoms with Gasteiger partial charge in [-0.3, -0.25) is 4.79 Å². The van der Waals surface area contributed by atoms with Gasteiger partial charge in [0.25, 0.3) is 0 Å². The molecule has 0 aromatic carbocycles. The zero-order chi connectivity index (χ0) is 10.4. The minimum Gasteiger partial charge on any atom is -0.474 e. The lowest BCUT2D eigenvalue weighted by molar-refractivity contribution is -0.117. The SMILES string of the molecule is Nc1cnc2c(c1)N1C(=O)CC[C@H]1CO2. The Bertz CT molecular complexity index is 433. The summed E-state index contributed by atoms with van der Waals surface area (Å²) in [6, 6.07) is 1.91. The van der Waals surface area contributed by atoms with Gasteiger partial charge in [0.05, 0.1) is 17.9 Å². The zero-order valence-electron chi connectivity index (χ0n) is 8.14. The molecule has 1 saturated heterocycles. The fraction of sp³-hybridized carbons (Fsp3) is 0.400. The number of rotatable bonds is 0. The second kappa shape index (κ2) is 2.85. The van der Waals surface area contributed by atoms with Crippen LogP contribution in [0, 0.1) is 0 Å². The van der Waals surface area contributed by atoms with Crippen molar-refractivity contribution in [3.05, 3.63) is 12.3 Å². The molecule has 0 saturated carbocycles. The van der Waals surface area contributed by atoms with Gasteiger partial charge >= 0.3 is 0 Å². The molecule has 3 heterocycles. The topological polar surface area (TPSA) is 68.5 Å². The zero-order valence-corrected chi connectivity index (χ0v) is 8.14. The maximum Gasteiger partial charge on any atom is 0.238 e. The van der Waals surface area contributed by atoms with Gasteiger partial charge in [-0.15, -0.1) is 0 Å². The molecule has 5 heteroatoms. The molecule has 1 aromatic rings. The molecule has 0 radical (unpaired) electrons. The van der Waals surface area contributed by atoms with Crippen molar-refractivity contribution in [2.45, 2.75) is 18.9 Å². The summed E-state index contributed by atoms with van der Waals surface area (Å²) in [5, 5.41) is 0. The summed E-state index contributed by atoms with van der Waals surface area (Å²) < 4.78 is 5.48. The molecule has 1 fully saturated rings. The second-order valence-corrected chi connectivity index (χ2v) is 3.86. The number of nitrogens with two attached hydrogens (primary N) is 1. The highest BCUT2D eigenvalue weighted by Gasteiger charge is 2.38. The smallest absolute Gasteiger partial charge is 0.238 e. The second-order valence-electron chi connectivity index (χ2n) is 3.86. The summed E-state index contributed by atoms with van der Waals surface area (Å²) in [5.41, 5.74) is 6.92. The number of pyridine rings is 1. The number of carbonyl (C=O) groups excluding carboxylic acids is 1. The normalized spacial score (nSPS) is 23.3. The van der Waals surface area contributed by atoms with Crippen molar-refractivity contribution in [1.29, 1.82) is 0 Å². The van der Waals surface area contributed by atoms with Crippen molar-refractivity contribution in [2.75, 3.05) is 17.2 Å². The van der Waals surface area contributed by atoms with Crippen molar-refractivity contribution in [3.8, 4) is 5.88 Å². The van der Waals surface area contributed by atoms with Crippen LogP contribution in [0.4, 0.5) is 11.4 Å². The lowest BCUT2D eigenvalue weighted by Crippen LogP contribution is -2.40. The number of nitrogen functional groups attached to an aromatic ring is 1. The van der Waals surface area contributed by atoms with E-state index in [0.717, 1.165) is 6.42 Å². The Kier molecular flexibility index (Phi) is 1.62. The summed E-state index contributed by atoms with van der Waals surface area (Å²) in [5.74, 6) is 0.646. The maximum absolute atomic E-state index is 11.7. The van der Waals surface area contributed by atoms with E-state index in [1.165, 1.54) is 0 Å². The first-order chi connectivity index (χ1) is 7.25. The van der Waals surface area contributed by atoms with Crippen LogP contribution in [0.15, 0.2) is 12.3 Å². The van der Waals surface area contributed by atoms with Crippen LogP contribution in [0.5, 0.6) is 5.88 Å². The van der Waals surface area contributed by atoms with Gasteiger partial charge in [0.15, 0.2) is 0 Å². The predicted molar refractivity (Wildman–Crippen MR) is 54.7 cm³/mol. The highest BCUT2D eigenvalue weighted by Crippen LogP contribution is 2.37. The van der Waals surface area contributed by atoms with Crippen molar-refractivity contribution in [3.63, 3.8) is 0 Å². The lowest BCUT2D eigenvalue weighted by Gasteiger charge is -2.30. The van der Waals surface area contributed by atoms with Crippen LogP contribution in [0.2, 0.25) is 0 Å². The van der Waals surface area contributed by atoms with Crippen LogP contribution < -0.4 is 15.4 Å². The van der Waals surface area contributed by atoms with E-state index >= 15 is 0 Å². The third kappa shape index (κ3) is 1.16. The molecule has 1 atom stereocenters. The Morgan fingerprint density at radius 2 is 2.47 bits per heavy atom. The number of hydrogen-bond acceptors (Lipinski definition) is 4. The summed E-state index contributed by atoms with van der Waals surface area (Å²) in [6.45, 7) is 0.537. The highest BCUT2D eigenvalue weighted by molar-refractivity contribution is 5.98. The van der Waals surface area contributed by atoms with E-state index in [2.05, 4.69) is 4.98 Å². The van der Waals surface area contributed by atoms with Gasteiger partial charge in [-0.05, 0) is 12.5 Å². The monoisotopic (exact) mass is 205 g/mol. The molecule has 0 bridgehead atoms. The van der Waals surface area contributed by atoms with E-state index in [9.17, 15) is 4.79 Å². The molecular formula is C10H11N3O2. The van der Waals surface area contributed by atoms with Crippen molar-refractivity contribution in [2.24, 2.45) is 0 Å². The van der Waals surface area contributed by atoms with E-state index in [0.29, 0.717) is 30.3 Å². The van der Waals surface area contributed by atoms with Gasteiger partial charge in [0.2, 0.25) is 11.8 Å². The molecule has 0 aliphatic carbocycles. The summed E-state index contributed by atoms with van der Waals surface area (Å²) in [4.78, 5) is 17.5. The number of amides is 1. The maximum atomic E-state index is 11.7. The quantitative estimate of drug-likeness (QED) is 0.671. The third-order valence-electron chi connectivity index (χ3n) is 2.85. The number of hydrogen-bond donors (Lipinski definition) is 1. The number of aromatic nitrogens is 1. The first kappa shape index (κ1) is 8.52. The number of ether oxygens (including phenoxy) is 1. The van der Waals surface area contributed by atoms with Crippen LogP contribution >= 0.6 is 0 Å². The summed E-state index contributed by atoms with van der Waals surface area (Å²) >= 11 is 0. The third-order valence-corrected chi connectivity index (χ3v) is 2.85. The minimum atomic E-state index is 0.136. The molecule has 5 nitrogen and oxygen atoms in total. The van der Waals surface area contributed by atoms with Crippen molar-refractivity contribution >= 4 is 17.3 Å². The standard InChI is InChI=1S/C10H11N3O2/c11-6-3-8-10(12-4-6)15-5-7-1-2-9(14)13(7)8/h3-4,7H,1-2,5,11H2/t7-/m0/s1. The molecule has 0 unspecified atom stereocenters.